The predicted octanol–water partition coefficient (Wildman–Crippen LogP) is 4.41. The van der Waals surface area contributed by atoms with Gasteiger partial charge in [0.2, 0.25) is 0 Å². The number of aliphatic carboxylic acids is 1. The number of thiazole rings is 1. The Hall–Kier alpha value is -2.66. The summed E-state index contributed by atoms with van der Waals surface area (Å²) in [6.07, 6.45) is 0.670. The highest BCUT2D eigenvalue weighted by Gasteiger charge is 2.05. The lowest BCUT2D eigenvalue weighted by Crippen LogP contribution is -1.98. The Balaban J connectivity index is 1.56. The van der Waals surface area contributed by atoms with E-state index in [0.717, 1.165) is 27.6 Å². The second-order valence-electron chi connectivity index (χ2n) is 5.34. The second kappa shape index (κ2) is 7.75. The summed E-state index contributed by atoms with van der Waals surface area (Å²) in [5, 5.41) is 11.7. The number of rotatable bonds is 7. The fraction of sp³-hybridized carbons (Fsp3) is 0.158. The maximum Gasteiger partial charge on any atom is 0.303 e. The van der Waals surface area contributed by atoms with Gasteiger partial charge in [-0.05, 0) is 24.1 Å². The molecule has 2 aromatic carbocycles. The van der Waals surface area contributed by atoms with E-state index in [9.17, 15) is 4.79 Å². The second-order valence-corrected chi connectivity index (χ2v) is 6.19. The van der Waals surface area contributed by atoms with Crippen molar-refractivity contribution in [2.75, 3.05) is 0 Å². The Morgan fingerprint density at radius 3 is 2.54 bits per heavy atom. The lowest BCUT2D eigenvalue weighted by molar-refractivity contribution is -0.136. The van der Waals surface area contributed by atoms with Gasteiger partial charge in [-0.2, -0.15) is 0 Å². The van der Waals surface area contributed by atoms with Crippen LogP contribution in [0, 0.1) is 0 Å². The van der Waals surface area contributed by atoms with E-state index in [-0.39, 0.29) is 6.42 Å². The van der Waals surface area contributed by atoms with Crippen LogP contribution in [-0.2, 0) is 17.8 Å². The smallest absolute Gasteiger partial charge is 0.303 e. The standard InChI is InChI=1S/C19H17NO3S/c21-18(22)11-8-14-6-9-17(10-7-14)23-12-16-13-24-19(20-16)15-4-2-1-3-5-15/h1-7,9-10,13H,8,11-12H2,(H,21,22). The molecule has 0 amide bonds. The number of carboxylic acids is 1. The molecule has 0 aliphatic carbocycles. The van der Waals surface area contributed by atoms with E-state index in [1.165, 1.54) is 0 Å². The molecule has 4 nitrogen and oxygen atoms in total. The maximum atomic E-state index is 10.6. The monoisotopic (exact) mass is 339 g/mol. The zero-order valence-corrected chi connectivity index (χ0v) is 13.8. The van der Waals surface area contributed by atoms with Gasteiger partial charge in [0.25, 0.3) is 0 Å². The van der Waals surface area contributed by atoms with Crippen LogP contribution in [0.5, 0.6) is 5.75 Å². The number of hydrogen-bond acceptors (Lipinski definition) is 4. The summed E-state index contributed by atoms with van der Waals surface area (Å²) in [6.45, 7) is 0.414. The molecule has 0 saturated heterocycles. The summed E-state index contributed by atoms with van der Waals surface area (Å²) >= 11 is 1.60. The number of carbonyl (C=O) groups is 1. The van der Waals surface area contributed by atoms with Crippen molar-refractivity contribution < 1.29 is 14.6 Å². The quantitative estimate of drug-likeness (QED) is 0.693. The van der Waals surface area contributed by atoms with Crippen molar-refractivity contribution in [3.63, 3.8) is 0 Å². The SMILES string of the molecule is O=C(O)CCc1ccc(OCc2csc(-c3ccccc3)n2)cc1. The molecule has 1 aromatic heterocycles. The molecular formula is C19H17NO3S. The Kier molecular flexibility index (Phi) is 5.23. The molecule has 3 aromatic rings. The molecule has 0 bridgehead atoms. The summed E-state index contributed by atoms with van der Waals surface area (Å²) in [6, 6.07) is 17.6. The van der Waals surface area contributed by atoms with Crippen molar-refractivity contribution in [1.29, 1.82) is 0 Å². The number of hydrogen-bond donors (Lipinski definition) is 1. The normalized spacial score (nSPS) is 10.5. The lowest BCUT2D eigenvalue weighted by atomic mass is 10.1. The van der Waals surface area contributed by atoms with Crippen LogP contribution in [0.4, 0.5) is 0 Å². The minimum atomic E-state index is -0.784. The summed E-state index contributed by atoms with van der Waals surface area (Å²) in [5.41, 5.74) is 3.00. The lowest BCUT2D eigenvalue weighted by Gasteiger charge is -2.05. The van der Waals surface area contributed by atoms with Crippen molar-refractivity contribution in [2.45, 2.75) is 19.4 Å². The Morgan fingerprint density at radius 1 is 1.08 bits per heavy atom. The van der Waals surface area contributed by atoms with Gasteiger partial charge in [0.15, 0.2) is 0 Å². The van der Waals surface area contributed by atoms with E-state index in [0.29, 0.717) is 13.0 Å². The van der Waals surface area contributed by atoms with E-state index in [2.05, 4.69) is 4.98 Å². The van der Waals surface area contributed by atoms with Crippen LogP contribution in [0.25, 0.3) is 10.6 Å². The molecule has 0 atom stereocenters. The highest BCUT2D eigenvalue weighted by atomic mass is 32.1. The maximum absolute atomic E-state index is 10.6. The molecule has 1 N–H and O–H groups in total. The van der Waals surface area contributed by atoms with E-state index >= 15 is 0 Å². The van der Waals surface area contributed by atoms with Crippen molar-refractivity contribution in [2.24, 2.45) is 0 Å². The van der Waals surface area contributed by atoms with Gasteiger partial charge in [-0.1, -0.05) is 42.5 Å². The van der Waals surface area contributed by atoms with Crippen molar-refractivity contribution in [3.8, 4) is 16.3 Å². The number of benzene rings is 2. The molecule has 3 rings (SSSR count). The third-order valence-electron chi connectivity index (χ3n) is 3.51. The highest BCUT2D eigenvalue weighted by molar-refractivity contribution is 7.13. The van der Waals surface area contributed by atoms with Gasteiger partial charge in [0.05, 0.1) is 5.69 Å². The van der Waals surface area contributed by atoms with E-state index in [1.54, 1.807) is 11.3 Å². The Labute approximate surface area is 144 Å². The van der Waals surface area contributed by atoms with Crippen LogP contribution in [0.3, 0.4) is 0 Å². The fourth-order valence-electron chi connectivity index (χ4n) is 2.25. The van der Waals surface area contributed by atoms with E-state index < -0.39 is 5.97 Å². The molecule has 0 radical (unpaired) electrons. The van der Waals surface area contributed by atoms with E-state index in [4.69, 9.17) is 9.84 Å². The number of carboxylic acid groups (broad SMARTS) is 1. The van der Waals surface area contributed by atoms with Crippen LogP contribution in [0.15, 0.2) is 60.0 Å². The third kappa shape index (κ3) is 4.43. The number of ether oxygens (including phenoxy) is 1. The highest BCUT2D eigenvalue weighted by Crippen LogP contribution is 2.24. The summed E-state index contributed by atoms with van der Waals surface area (Å²) < 4.78 is 5.75. The van der Waals surface area contributed by atoms with Gasteiger partial charge < -0.3 is 9.84 Å². The Bertz CT molecular complexity index is 797. The average molecular weight is 339 g/mol. The fourth-order valence-corrected chi connectivity index (χ4v) is 3.06. The average Bonchev–Trinajstić information content (AvgIpc) is 3.09. The topological polar surface area (TPSA) is 59.4 Å². The van der Waals surface area contributed by atoms with Crippen LogP contribution >= 0.6 is 11.3 Å². The van der Waals surface area contributed by atoms with Crippen molar-refractivity contribution in [3.05, 3.63) is 71.2 Å². The van der Waals surface area contributed by atoms with Crippen LogP contribution < -0.4 is 4.74 Å². The first-order chi connectivity index (χ1) is 11.7. The van der Waals surface area contributed by atoms with Gasteiger partial charge in [0.1, 0.15) is 17.4 Å². The molecule has 24 heavy (non-hydrogen) atoms. The van der Waals surface area contributed by atoms with E-state index in [1.807, 2.05) is 60.0 Å². The molecular weight excluding hydrogens is 322 g/mol. The van der Waals surface area contributed by atoms with Crippen LogP contribution in [0.1, 0.15) is 17.7 Å². The van der Waals surface area contributed by atoms with Crippen LogP contribution in [0.2, 0.25) is 0 Å². The molecule has 0 aliphatic heterocycles. The van der Waals surface area contributed by atoms with Gasteiger partial charge in [-0.15, -0.1) is 11.3 Å². The summed E-state index contributed by atoms with van der Waals surface area (Å²) in [4.78, 5) is 15.2. The van der Waals surface area contributed by atoms with Gasteiger partial charge >= 0.3 is 5.97 Å². The number of aromatic nitrogens is 1. The molecule has 5 heteroatoms. The minimum absolute atomic E-state index is 0.140. The third-order valence-corrected chi connectivity index (χ3v) is 4.45. The number of nitrogens with zero attached hydrogens (tertiary/aromatic N) is 1. The molecule has 0 saturated carbocycles. The first-order valence-electron chi connectivity index (χ1n) is 7.64. The summed E-state index contributed by atoms with van der Waals surface area (Å²) in [7, 11) is 0. The van der Waals surface area contributed by atoms with Gasteiger partial charge in [0, 0.05) is 17.4 Å². The Morgan fingerprint density at radius 2 is 1.83 bits per heavy atom. The minimum Gasteiger partial charge on any atom is -0.487 e. The van der Waals surface area contributed by atoms with Gasteiger partial charge in [-0.25, -0.2) is 4.98 Å². The predicted molar refractivity (Wildman–Crippen MR) is 94.3 cm³/mol. The first-order valence-corrected chi connectivity index (χ1v) is 8.52. The van der Waals surface area contributed by atoms with Crippen molar-refractivity contribution >= 4 is 17.3 Å². The molecule has 0 unspecified atom stereocenters. The molecule has 0 spiro atoms. The molecule has 122 valence electrons. The molecule has 0 fully saturated rings. The molecule has 0 aliphatic rings. The van der Waals surface area contributed by atoms with Gasteiger partial charge in [-0.3, -0.25) is 4.79 Å². The van der Waals surface area contributed by atoms with Crippen molar-refractivity contribution in [1.82, 2.24) is 4.98 Å². The zero-order chi connectivity index (χ0) is 16.8. The number of aryl methyl sites for hydroxylation is 1. The largest absolute Gasteiger partial charge is 0.487 e. The molecule has 1 heterocycles. The first kappa shape index (κ1) is 16.2. The zero-order valence-electron chi connectivity index (χ0n) is 13.0. The van der Waals surface area contributed by atoms with Crippen LogP contribution in [-0.4, -0.2) is 16.1 Å². The summed E-state index contributed by atoms with van der Waals surface area (Å²) in [5.74, 6) is -0.0311.